The number of halogens is 1. The molecule has 2 saturated heterocycles. The third-order valence-electron chi connectivity index (χ3n) is 5.84. The SMILES string of the molecule is CCOc1cccc(-c2cc(C)nc([C@H]3CC[C@@]4(CCN(C)C4=O)N3)c2)c1F. The molecule has 0 bridgehead atoms. The molecule has 1 aromatic carbocycles. The maximum absolute atomic E-state index is 14.9. The van der Waals surface area contributed by atoms with E-state index in [2.05, 4.69) is 10.3 Å². The largest absolute Gasteiger partial charge is 0.491 e. The maximum atomic E-state index is 14.9. The lowest BCUT2D eigenvalue weighted by Gasteiger charge is -2.23. The average molecular weight is 383 g/mol. The summed E-state index contributed by atoms with van der Waals surface area (Å²) in [4.78, 5) is 19.1. The molecule has 0 radical (unpaired) electrons. The van der Waals surface area contributed by atoms with Gasteiger partial charge in [-0.1, -0.05) is 12.1 Å². The van der Waals surface area contributed by atoms with Crippen molar-refractivity contribution < 1.29 is 13.9 Å². The summed E-state index contributed by atoms with van der Waals surface area (Å²) in [5.74, 6) is 0.0660. The van der Waals surface area contributed by atoms with Crippen molar-refractivity contribution >= 4 is 5.91 Å². The number of aryl methyl sites for hydroxylation is 1. The van der Waals surface area contributed by atoms with E-state index in [1.54, 1.807) is 23.1 Å². The fourth-order valence-electron chi connectivity index (χ4n) is 4.42. The Morgan fingerprint density at radius 2 is 2.18 bits per heavy atom. The Labute approximate surface area is 164 Å². The predicted molar refractivity (Wildman–Crippen MR) is 106 cm³/mol. The van der Waals surface area contributed by atoms with Gasteiger partial charge in [-0.3, -0.25) is 15.1 Å². The van der Waals surface area contributed by atoms with E-state index in [0.29, 0.717) is 12.2 Å². The Bertz CT molecular complexity index is 917. The lowest BCUT2D eigenvalue weighted by Crippen LogP contribution is -2.47. The molecule has 2 fully saturated rings. The van der Waals surface area contributed by atoms with Gasteiger partial charge >= 0.3 is 0 Å². The number of hydrogen-bond acceptors (Lipinski definition) is 4. The van der Waals surface area contributed by atoms with Gasteiger partial charge in [-0.25, -0.2) is 4.39 Å². The van der Waals surface area contributed by atoms with Crippen LogP contribution in [0.25, 0.3) is 11.1 Å². The van der Waals surface area contributed by atoms with Crippen LogP contribution in [0.1, 0.15) is 43.6 Å². The monoisotopic (exact) mass is 383 g/mol. The molecule has 0 aliphatic carbocycles. The number of carbonyl (C=O) groups excluding carboxylic acids is 1. The Morgan fingerprint density at radius 1 is 1.36 bits per heavy atom. The van der Waals surface area contributed by atoms with Gasteiger partial charge in [-0.05, 0) is 56.9 Å². The molecule has 1 aromatic heterocycles. The summed E-state index contributed by atoms with van der Waals surface area (Å²) >= 11 is 0. The molecule has 1 amide bonds. The number of amides is 1. The molecule has 2 atom stereocenters. The van der Waals surface area contributed by atoms with E-state index in [1.807, 2.05) is 33.0 Å². The molecule has 28 heavy (non-hydrogen) atoms. The van der Waals surface area contributed by atoms with Crippen LogP contribution in [-0.4, -0.2) is 41.5 Å². The molecule has 1 N–H and O–H groups in total. The minimum atomic E-state index is -0.467. The first kappa shape index (κ1) is 18.9. The third kappa shape index (κ3) is 3.15. The first-order valence-corrected chi connectivity index (χ1v) is 9.87. The zero-order valence-electron chi connectivity index (χ0n) is 16.6. The molecule has 0 unspecified atom stereocenters. The molecular formula is C22H26FN3O2. The second-order valence-electron chi connectivity index (χ2n) is 7.77. The highest BCUT2D eigenvalue weighted by Gasteiger charge is 2.50. The third-order valence-corrected chi connectivity index (χ3v) is 5.84. The lowest BCUT2D eigenvalue weighted by atomic mass is 9.96. The number of rotatable bonds is 4. The average Bonchev–Trinajstić information content (AvgIpc) is 3.23. The van der Waals surface area contributed by atoms with Gasteiger partial charge in [-0.15, -0.1) is 0 Å². The smallest absolute Gasteiger partial charge is 0.242 e. The number of nitrogens with zero attached hydrogens (tertiary/aromatic N) is 2. The van der Waals surface area contributed by atoms with Crippen LogP contribution in [-0.2, 0) is 4.79 Å². The van der Waals surface area contributed by atoms with Crippen molar-refractivity contribution in [2.24, 2.45) is 0 Å². The summed E-state index contributed by atoms with van der Waals surface area (Å²) in [5, 5.41) is 3.54. The second-order valence-corrected chi connectivity index (χ2v) is 7.77. The summed E-state index contributed by atoms with van der Waals surface area (Å²) in [6.45, 7) is 4.94. The number of likely N-dealkylation sites (tertiary alicyclic amines) is 1. The number of aromatic nitrogens is 1. The Kier molecular flexibility index (Phi) is 4.83. The van der Waals surface area contributed by atoms with Crippen LogP contribution in [0, 0.1) is 12.7 Å². The molecule has 2 aliphatic rings. The van der Waals surface area contributed by atoms with Crippen molar-refractivity contribution in [1.82, 2.24) is 15.2 Å². The highest BCUT2D eigenvalue weighted by molar-refractivity contribution is 5.88. The van der Waals surface area contributed by atoms with Crippen molar-refractivity contribution in [2.75, 3.05) is 20.2 Å². The normalized spacial score (nSPS) is 24.4. The molecule has 1 spiro atoms. The van der Waals surface area contributed by atoms with E-state index < -0.39 is 5.54 Å². The number of hydrogen-bond donors (Lipinski definition) is 1. The highest BCUT2D eigenvalue weighted by atomic mass is 19.1. The standard InChI is InChI=1S/C22H26FN3O2/c1-4-28-19-7-5-6-16(20(19)23)15-12-14(2)24-18(13-15)17-8-9-22(25-17)10-11-26(3)21(22)27/h5-7,12-13,17,25H,4,8-11H2,1-3H3/t17-,22+/m1/s1. The topological polar surface area (TPSA) is 54.5 Å². The summed E-state index contributed by atoms with van der Waals surface area (Å²) in [6, 6.07) is 9.01. The molecule has 4 rings (SSSR count). The first-order chi connectivity index (χ1) is 13.4. The van der Waals surface area contributed by atoms with E-state index >= 15 is 0 Å². The first-order valence-electron chi connectivity index (χ1n) is 9.87. The minimum absolute atomic E-state index is 0.00719. The molecule has 148 valence electrons. The highest BCUT2D eigenvalue weighted by Crippen LogP contribution is 2.39. The number of nitrogens with one attached hydrogen (secondary N) is 1. The zero-order valence-corrected chi connectivity index (χ0v) is 16.6. The maximum Gasteiger partial charge on any atom is 0.242 e. The fraction of sp³-hybridized carbons (Fsp3) is 0.455. The van der Waals surface area contributed by atoms with Crippen molar-refractivity contribution in [3.63, 3.8) is 0 Å². The molecule has 6 heteroatoms. The van der Waals surface area contributed by atoms with Crippen LogP contribution < -0.4 is 10.1 Å². The van der Waals surface area contributed by atoms with Crippen LogP contribution in [0.15, 0.2) is 30.3 Å². The Hall–Kier alpha value is -2.47. The molecule has 2 aromatic rings. The van der Waals surface area contributed by atoms with Crippen LogP contribution in [0.4, 0.5) is 4.39 Å². The molecule has 2 aliphatic heterocycles. The summed E-state index contributed by atoms with van der Waals surface area (Å²) in [7, 11) is 1.85. The van der Waals surface area contributed by atoms with E-state index in [4.69, 9.17) is 4.74 Å². The summed E-state index contributed by atoms with van der Waals surface area (Å²) in [6.07, 6.45) is 2.47. The van der Waals surface area contributed by atoms with Crippen molar-refractivity contribution in [1.29, 1.82) is 0 Å². The number of benzene rings is 1. The quantitative estimate of drug-likeness (QED) is 0.876. The molecular weight excluding hydrogens is 357 g/mol. The van der Waals surface area contributed by atoms with Crippen molar-refractivity contribution in [3.8, 4) is 16.9 Å². The Balaban J connectivity index is 1.66. The number of pyridine rings is 1. The van der Waals surface area contributed by atoms with E-state index in [-0.39, 0.29) is 23.5 Å². The summed E-state index contributed by atoms with van der Waals surface area (Å²) < 4.78 is 20.3. The van der Waals surface area contributed by atoms with Crippen LogP contribution >= 0.6 is 0 Å². The van der Waals surface area contributed by atoms with Crippen LogP contribution in [0.2, 0.25) is 0 Å². The predicted octanol–water partition coefficient (Wildman–Crippen LogP) is 3.62. The minimum Gasteiger partial charge on any atom is -0.491 e. The van der Waals surface area contributed by atoms with E-state index in [1.165, 1.54) is 0 Å². The van der Waals surface area contributed by atoms with Crippen LogP contribution in [0.5, 0.6) is 5.75 Å². The lowest BCUT2D eigenvalue weighted by molar-refractivity contribution is -0.131. The summed E-state index contributed by atoms with van der Waals surface area (Å²) in [5.41, 5.74) is 2.49. The number of likely N-dealkylation sites (N-methyl/N-ethyl adjacent to an activating group) is 1. The van der Waals surface area contributed by atoms with Crippen molar-refractivity contribution in [2.45, 2.75) is 44.7 Å². The van der Waals surface area contributed by atoms with E-state index in [0.717, 1.165) is 42.8 Å². The van der Waals surface area contributed by atoms with Crippen LogP contribution in [0.3, 0.4) is 0 Å². The second kappa shape index (κ2) is 7.17. The van der Waals surface area contributed by atoms with Gasteiger partial charge < -0.3 is 9.64 Å². The Morgan fingerprint density at radius 3 is 2.89 bits per heavy atom. The van der Waals surface area contributed by atoms with Gasteiger partial charge in [-0.2, -0.15) is 0 Å². The molecule has 0 saturated carbocycles. The van der Waals surface area contributed by atoms with Gasteiger partial charge in [0, 0.05) is 24.8 Å². The van der Waals surface area contributed by atoms with Gasteiger partial charge in [0.15, 0.2) is 11.6 Å². The number of ether oxygens (including phenoxy) is 1. The fourth-order valence-corrected chi connectivity index (χ4v) is 4.42. The van der Waals surface area contributed by atoms with Gasteiger partial charge in [0.2, 0.25) is 5.91 Å². The van der Waals surface area contributed by atoms with Gasteiger partial charge in [0.05, 0.1) is 18.3 Å². The van der Waals surface area contributed by atoms with Gasteiger partial charge in [0.1, 0.15) is 5.54 Å². The molecule has 3 heterocycles. The zero-order chi connectivity index (χ0) is 19.9. The van der Waals surface area contributed by atoms with E-state index in [9.17, 15) is 9.18 Å². The number of carbonyl (C=O) groups is 1. The molecule has 5 nitrogen and oxygen atoms in total. The van der Waals surface area contributed by atoms with Gasteiger partial charge in [0.25, 0.3) is 0 Å². The van der Waals surface area contributed by atoms with Crippen molar-refractivity contribution in [3.05, 3.63) is 47.5 Å².